The molecule has 0 bridgehead atoms. The minimum absolute atomic E-state index is 0.0417. The Balaban J connectivity index is 3.27. The second-order valence-corrected chi connectivity index (χ2v) is 4.71. The van der Waals surface area contributed by atoms with E-state index in [1.807, 2.05) is 0 Å². The van der Waals surface area contributed by atoms with Gasteiger partial charge in [0.05, 0.1) is 14.2 Å². The highest BCUT2D eigenvalue weighted by Gasteiger charge is 2.24. The summed E-state index contributed by atoms with van der Waals surface area (Å²) in [5.41, 5.74) is 0.0417. The molecule has 0 unspecified atom stereocenters. The summed E-state index contributed by atoms with van der Waals surface area (Å²) in [7, 11) is 2.45. The minimum Gasteiger partial charge on any atom is -0.493 e. The fraction of sp³-hybridized carbons (Fsp3) is 0.467. The van der Waals surface area contributed by atoms with Gasteiger partial charge in [0.2, 0.25) is 5.75 Å². The Morgan fingerprint density at radius 3 is 2.12 bits per heavy atom. The average Bonchev–Trinajstić information content (AvgIpc) is 2.52. The number of methoxy groups -OCH3 is 2. The van der Waals surface area contributed by atoms with Gasteiger partial charge in [0.1, 0.15) is 6.54 Å². The molecule has 0 aliphatic rings. The fourth-order valence-electron chi connectivity index (χ4n) is 2.08. The lowest BCUT2D eigenvalue weighted by molar-refractivity contribution is -0.137. The maximum absolute atomic E-state index is 12.5. The predicted octanol–water partition coefficient (Wildman–Crippen LogP) is 2.24. The number of halogens is 2. The first-order valence-corrected chi connectivity index (χ1v) is 7.05. The SMILES string of the molecule is CCCN(CC(=O)O)C(=O)c1cc(OC)c(OC(F)F)c(OC)c1. The van der Waals surface area contributed by atoms with Crippen molar-refractivity contribution in [1.82, 2.24) is 4.90 Å². The number of hydrogen-bond acceptors (Lipinski definition) is 5. The number of carbonyl (C=O) groups excluding carboxylic acids is 1. The number of aliphatic carboxylic acids is 1. The number of ether oxygens (including phenoxy) is 3. The third-order valence-electron chi connectivity index (χ3n) is 3.02. The zero-order valence-electron chi connectivity index (χ0n) is 13.5. The van der Waals surface area contributed by atoms with Gasteiger partial charge in [0.15, 0.2) is 11.5 Å². The Hall–Kier alpha value is -2.58. The maximum atomic E-state index is 12.5. The summed E-state index contributed by atoms with van der Waals surface area (Å²) in [6, 6.07) is 2.40. The largest absolute Gasteiger partial charge is 0.493 e. The van der Waals surface area contributed by atoms with E-state index in [2.05, 4.69) is 4.74 Å². The smallest absolute Gasteiger partial charge is 0.387 e. The van der Waals surface area contributed by atoms with Crippen molar-refractivity contribution in [1.29, 1.82) is 0 Å². The number of alkyl halides is 2. The normalized spacial score (nSPS) is 10.4. The lowest BCUT2D eigenvalue weighted by Gasteiger charge is -2.21. The second-order valence-electron chi connectivity index (χ2n) is 4.71. The predicted molar refractivity (Wildman–Crippen MR) is 80.0 cm³/mol. The molecule has 24 heavy (non-hydrogen) atoms. The summed E-state index contributed by atoms with van der Waals surface area (Å²) in [4.78, 5) is 24.5. The molecule has 0 radical (unpaired) electrons. The van der Waals surface area contributed by atoms with E-state index in [4.69, 9.17) is 14.6 Å². The van der Waals surface area contributed by atoms with Gasteiger partial charge in [-0.05, 0) is 18.6 Å². The van der Waals surface area contributed by atoms with Crippen molar-refractivity contribution in [2.45, 2.75) is 20.0 Å². The number of carboxylic acids is 1. The van der Waals surface area contributed by atoms with Gasteiger partial charge >= 0.3 is 12.6 Å². The van der Waals surface area contributed by atoms with Gasteiger partial charge in [-0.15, -0.1) is 0 Å². The Bertz CT molecular complexity index is 568. The molecule has 0 saturated carbocycles. The highest BCUT2D eigenvalue weighted by atomic mass is 19.3. The van der Waals surface area contributed by atoms with Crippen LogP contribution >= 0.6 is 0 Å². The van der Waals surface area contributed by atoms with E-state index in [0.717, 1.165) is 4.90 Å². The first-order valence-electron chi connectivity index (χ1n) is 7.05. The molecule has 7 nitrogen and oxygen atoms in total. The summed E-state index contributed by atoms with van der Waals surface area (Å²) >= 11 is 0. The third-order valence-corrected chi connectivity index (χ3v) is 3.02. The molecule has 1 rings (SSSR count). The number of benzene rings is 1. The van der Waals surface area contributed by atoms with E-state index in [0.29, 0.717) is 6.42 Å². The molecule has 1 N–H and O–H groups in total. The van der Waals surface area contributed by atoms with Gasteiger partial charge in [-0.25, -0.2) is 0 Å². The highest BCUT2D eigenvalue weighted by molar-refractivity contribution is 5.97. The fourth-order valence-corrected chi connectivity index (χ4v) is 2.08. The zero-order chi connectivity index (χ0) is 18.3. The first-order chi connectivity index (χ1) is 11.3. The third kappa shape index (κ3) is 4.97. The minimum atomic E-state index is -3.10. The van der Waals surface area contributed by atoms with Crippen LogP contribution in [0.25, 0.3) is 0 Å². The van der Waals surface area contributed by atoms with Crippen LogP contribution in [0.3, 0.4) is 0 Å². The molecule has 0 atom stereocenters. The summed E-state index contributed by atoms with van der Waals surface area (Å²) < 4.78 is 39.3. The molecule has 0 heterocycles. The number of nitrogens with zero attached hydrogens (tertiary/aromatic N) is 1. The molecule has 134 valence electrons. The summed E-state index contributed by atoms with van der Waals surface area (Å²) in [6.07, 6.45) is 0.555. The van der Waals surface area contributed by atoms with Crippen molar-refractivity contribution >= 4 is 11.9 Å². The van der Waals surface area contributed by atoms with Crippen LogP contribution in [0.2, 0.25) is 0 Å². The molecular weight excluding hydrogens is 328 g/mol. The number of hydrogen-bond donors (Lipinski definition) is 1. The quantitative estimate of drug-likeness (QED) is 0.737. The monoisotopic (exact) mass is 347 g/mol. The lowest BCUT2D eigenvalue weighted by atomic mass is 10.1. The van der Waals surface area contributed by atoms with Crippen molar-refractivity contribution in [3.05, 3.63) is 17.7 Å². The van der Waals surface area contributed by atoms with Crippen LogP contribution in [0.1, 0.15) is 23.7 Å². The van der Waals surface area contributed by atoms with E-state index in [1.165, 1.54) is 26.4 Å². The van der Waals surface area contributed by atoms with Crippen LogP contribution in [-0.2, 0) is 4.79 Å². The van der Waals surface area contributed by atoms with E-state index >= 15 is 0 Å². The number of rotatable bonds is 9. The van der Waals surface area contributed by atoms with Crippen LogP contribution in [0.15, 0.2) is 12.1 Å². The zero-order valence-corrected chi connectivity index (χ0v) is 13.5. The van der Waals surface area contributed by atoms with Gasteiger partial charge in [0, 0.05) is 12.1 Å². The molecule has 9 heteroatoms. The Morgan fingerprint density at radius 2 is 1.75 bits per heavy atom. The Labute approximate surface area is 137 Å². The van der Waals surface area contributed by atoms with Crippen molar-refractivity contribution in [3.8, 4) is 17.2 Å². The summed E-state index contributed by atoms with van der Waals surface area (Å²) in [5, 5.41) is 8.90. The number of carbonyl (C=O) groups is 2. The Kier molecular flexibility index (Phi) is 7.22. The Morgan fingerprint density at radius 1 is 1.21 bits per heavy atom. The molecule has 1 aromatic carbocycles. The molecule has 0 aliphatic carbocycles. The molecule has 1 aromatic rings. The van der Waals surface area contributed by atoms with Crippen molar-refractivity contribution < 1.29 is 37.7 Å². The van der Waals surface area contributed by atoms with Crippen LogP contribution < -0.4 is 14.2 Å². The van der Waals surface area contributed by atoms with Crippen LogP contribution in [-0.4, -0.2) is 55.8 Å². The van der Waals surface area contributed by atoms with Gasteiger partial charge in [-0.1, -0.05) is 6.92 Å². The number of carboxylic acid groups (broad SMARTS) is 1. The highest BCUT2D eigenvalue weighted by Crippen LogP contribution is 2.39. The molecule has 0 spiro atoms. The molecule has 0 fully saturated rings. The van der Waals surface area contributed by atoms with E-state index in [-0.39, 0.29) is 29.4 Å². The van der Waals surface area contributed by atoms with Crippen LogP contribution in [0.5, 0.6) is 17.2 Å². The van der Waals surface area contributed by atoms with Gasteiger partial charge in [0.25, 0.3) is 5.91 Å². The van der Waals surface area contributed by atoms with E-state index in [9.17, 15) is 18.4 Å². The van der Waals surface area contributed by atoms with Crippen molar-refractivity contribution in [2.75, 3.05) is 27.3 Å². The van der Waals surface area contributed by atoms with Gasteiger partial charge in [-0.2, -0.15) is 8.78 Å². The molecule has 1 amide bonds. The number of amides is 1. The first kappa shape index (κ1) is 19.5. The molecular formula is C15H19F2NO6. The maximum Gasteiger partial charge on any atom is 0.387 e. The topological polar surface area (TPSA) is 85.3 Å². The van der Waals surface area contributed by atoms with Crippen LogP contribution in [0.4, 0.5) is 8.78 Å². The molecule has 0 aliphatic heterocycles. The van der Waals surface area contributed by atoms with E-state index < -0.39 is 25.0 Å². The van der Waals surface area contributed by atoms with Crippen LogP contribution in [0, 0.1) is 0 Å². The molecule has 0 saturated heterocycles. The van der Waals surface area contributed by atoms with Crippen molar-refractivity contribution in [3.63, 3.8) is 0 Å². The summed E-state index contributed by atoms with van der Waals surface area (Å²) in [5.74, 6) is -2.32. The molecule has 0 aromatic heterocycles. The van der Waals surface area contributed by atoms with Crippen molar-refractivity contribution in [2.24, 2.45) is 0 Å². The lowest BCUT2D eigenvalue weighted by Crippen LogP contribution is -2.36. The van der Waals surface area contributed by atoms with Gasteiger partial charge < -0.3 is 24.2 Å². The summed E-state index contributed by atoms with van der Waals surface area (Å²) in [6.45, 7) is -1.56. The van der Waals surface area contributed by atoms with Gasteiger partial charge in [-0.3, -0.25) is 9.59 Å². The average molecular weight is 347 g/mol. The second kappa shape index (κ2) is 8.90. The standard InChI is InChI=1S/C15H19F2NO6/c1-4-5-18(8-12(19)20)14(21)9-6-10(22-2)13(24-15(16)17)11(7-9)23-3/h6-7,15H,4-5,8H2,1-3H3,(H,19,20). The van der Waals surface area contributed by atoms with E-state index in [1.54, 1.807) is 6.92 Å².